The first-order valence-corrected chi connectivity index (χ1v) is 9.93. The number of hydrogen-bond acceptors (Lipinski definition) is 6. The highest BCUT2D eigenvalue weighted by atomic mass is 19.1. The quantitative estimate of drug-likeness (QED) is 0.852. The van der Waals surface area contributed by atoms with Crippen LogP contribution in [0.25, 0.3) is 0 Å². The number of amides is 1. The number of carbonyl (C=O) groups excluding carboxylic acids is 2. The summed E-state index contributed by atoms with van der Waals surface area (Å²) in [6.07, 6.45) is 2.06. The lowest BCUT2D eigenvalue weighted by Gasteiger charge is -2.35. The zero-order valence-corrected chi connectivity index (χ0v) is 16.4. The molecule has 2 heterocycles. The Morgan fingerprint density at radius 3 is 2.55 bits per heavy atom. The number of nitrogens with zero attached hydrogens (tertiary/aromatic N) is 4. The van der Waals surface area contributed by atoms with E-state index in [0.717, 1.165) is 50.4 Å². The number of anilines is 2. The number of nitrogens with one attached hydrogen (secondary N) is 1. The van der Waals surface area contributed by atoms with Crippen molar-refractivity contribution >= 4 is 23.3 Å². The molecule has 8 heteroatoms. The molecule has 0 atom stereocenters. The largest absolute Gasteiger partial charge is 0.369 e. The second-order valence-electron chi connectivity index (χ2n) is 7.52. The number of aromatic nitrogens is 2. The van der Waals surface area contributed by atoms with Crippen LogP contribution in [0.3, 0.4) is 0 Å². The minimum atomic E-state index is -0.243. The van der Waals surface area contributed by atoms with Crippen LogP contribution in [0, 0.1) is 12.7 Å². The first-order valence-electron chi connectivity index (χ1n) is 9.93. The molecule has 1 aromatic carbocycles. The first kappa shape index (κ1) is 19.4. The number of piperazine rings is 1. The summed E-state index contributed by atoms with van der Waals surface area (Å²) in [6.45, 7) is 5.07. The molecule has 1 fully saturated rings. The molecule has 1 amide bonds. The zero-order valence-electron chi connectivity index (χ0n) is 16.4. The monoisotopic (exact) mass is 397 g/mol. The van der Waals surface area contributed by atoms with Gasteiger partial charge < -0.3 is 4.90 Å². The molecule has 0 saturated carbocycles. The van der Waals surface area contributed by atoms with Gasteiger partial charge in [0.2, 0.25) is 11.9 Å². The van der Waals surface area contributed by atoms with E-state index in [4.69, 9.17) is 0 Å². The average molecular weight is 397 g/mol. The van der Waals surface area contributed by atoms with Crippen molar-refractivity contribution in [2.45, 2.75) is 26.2 Å². The molecule has 4 rings (SSSR count). The van der Waals surface area contributed by atoms with E-state index in [-0.39, 0.29) is 30.0 Å². The van der Waals surface area contributed by atoms with E-state index in [2.05, 4.69) is 25.1 Å². The van der Waals surface area contributed by atoms with Gasteiger partial charge in [-0.25, -0.2) is 14.4 Å². The fraction of sp³-hybridized carbons (Fsp3) is 0.429. The number of benzene rings is 1. The van der Waals surface area contributed by atoms with Gasteiger partial charge in [-0.1, -0.05) is 0 Å². The number of Topliss-reactive ketones (excluding diaryl/α,β-unsaturated/α-hetero) is 1. The molecule has 7 nitrogen and oxygen atoms in total. The van der Waals surface area contributed by atoms with Crippen LogP contribution >= 0.6 is 0 Å². The smallest absolute Gasteiger partial charge is 0.240 e. The SMILES string of the molecule is Cc1nc(NC(=O)CN2CCN(c3ccc(F)cc3)CC2)nc2c1C(=O)CCC2. The van der Waals surface area contributed by atoms with Crippen LogP contribution in [0.15, 0.2) is 24.3 Å². The van der Waals surface area contributed by atoms with Gasteiger partial charge in [-0.15, -0.1) is 0 Å². The molecule has 2 aliphatic rings. The van der Waals surface area contributed by atoms with Gasteiger partial charge in [-0.05, 0) is 44.0 Å². The van der Waals surface area contributed by atoms with Crippen molar-refractivity contribution in [3.63, 3.8) is 0 Å². The summed E-state index contributed by atoms with van der Waals surface area (Å²) in [5, 5.41) is 2.77. The van der Waals surface area contributed by atoms with Gasteiger partial charge in [0, 0.05) is 38.3 Å². The second-order valence-corrected chi connectivity index (χ2v) is 7.52. The van der Waals surface area contributed by atoms with E-state index in [1.165, 1.54) is 12.1 Å². The predicted molar refractivity (Wildman–Crippen MR) is 108 cm³/mol. The van der Waals surface area contributed by atoms with E-state index >= 15 is 0 Å². The van der Waals surface area contributed by atoms with Crippen molar-refractivity contribution < 1.29 is 14.0 Å². The van der Waals surface area contributed by atoms with Crippen LogP contribution < -0.4 is 10.2 Å². The van der Waals surface area contributed by atoms with E-state index in [0.29, 0.717) is 17.7 Å². The summed E-state index contributed by atoms with van der Waals surface area (Å²) in [6, 6.07) is 6.48. The Kier molecular flexibility index (Phi) is 5.53. The van der Waals surface area contributed by atoms with E-state index in [1.807, 2.05) is 0 Å². The zero-order chi connectivity index (χ0) is 20.4. The fourth-order valence-corrected chi connectivity index (χ4v) is 3.96. The third-order valence-corrected chi connectivity index (χ3v) is 5.44. The molecule has 0 spiro atoms. The van der Waals surface area contributed by atoms with Crippen molar-refractivity contribution in [1.29, 1.82) is 0 Å². The topological polar surface area (TPSA) is 78.4 Å². The molecule has 1 saturated heterocycles. The summed E-state index contributed by atoms with van der Waals surface area (Å²) >= 11 is 0. The van der Waals surface area contributed by atoms with Gasteiger partial charge >= 0.3 is 0 Å². The van der Waals surface area contributed by atoms with Crippen LogP contribution in [-0.2, 0) is 11.2 Å². The minimum absolute atomic E-state index is 0.0839. The third kappa shape index (κ3) is 4.42. The summed E-state index contributed by atoms with van der Waals surface area (Å²) in [7, 11) is 0. The van der Waals surface area contributed by atoms with Crippen LogP contribution in [0.2, 0.25) is 0 Å². The van der Waals surface area contributed by atoms with Gasteiger partial charge in [0.25, 0.3) is 0 Å². The van der Waals surface area contributed by atoms with Crippen molar-refractivity contribution in [2.24, 2.45) is 0 Å². The van der Waals surface area contributed by atoms with Gasteiger partial charge in [-0.3, -0.25) is 19.8 Å². The standard InChI is InChI=1S/C21H24FN5O2/c1-14-20-17(3-2-4-18(20)28)24-21(23-14)25-19(29)13-26-9-11-27(12-10-26)16-7-5-15(22)6-8-16/h5-8H,2-4,9-13H2,1H3,(H,23,24,25,29). The van der Waals surface area contributed by atoms with Crippen molar-refractivity contribution in [2.75, 3.05) is 42.9 Å². The number of ketones is 1. The minimum Gasteiger partial charge on any atom is -0.369 e. The highest BCUT2D eigenvalue weighted by molar-refractivity contribution is 5.99. The van der Waals surface area contributed by atoms with Gasteiger partial charge in [-0.2, -0.15) is 0 Å². The molecular formula is C21H24FN5O2. The molecule has 0 bridgehead atoms. The van der Waals surface area contributed by atoms with Crippen LogP contribution in [0.4, 0.5) is 16.0 Å². The summed E-state index contributed by atoms with van der Waals surface area (Å²) in [5.74, 6) is -0.0543. The van der Waals surface area contributed by atoms with E-state index in [1.54, 1.807) is 19.1 Å². The number of hydrogen-bond donors (Lipinski definition) is 1. The lowest BCUT2D eigenvalue weighted by Crippen LogP contribution is -2.48. The lowest BCUT2D eigenvalue weighted by atomic mass is 9.94. The highest BCUT2D eigenvalue weighted by Gasteiger charge is 2.24. The fourth-order valence-electron chi connectivity index (χ4n) is 3.96. The number of carbonyl (C=O) groups is 2. The third-order valence-electron chi connectivity index (χ3n) is 5.44. The van der Waals surface area contributed by atoms with Gasteiger partial charge in [0.1, 0.15) is 5.82 Å². The molecule has 152 valence electrons. The normalized spacial score (nSPS) is 17.2. The maximum absolute atomic E-state index is 13.1. The molecule has 2 aromatic rings. The van der Waals surface area contributed by atoms with Crippen LogP contribution in [-0.4, -0.2) is 59.3 Å². The van der Waals surface area contributed by atoms with Crippen LogP contribution in [0.1, 0.15) is 34.6 Å². The highest BCUT2D eigenvalue weighted by Crippen LogP contribution is 2.23. The maximum atomic E-state index is 13.1. The van der Waals surface area contributed by atoms with E-state index in [9.17, 15) is 14.0 Å². The Hall–Kier alpha value is -2.87. The number of halogens is 1. The number of rotatable bonds is 4. The molecule has 0 unspecified atom stereocenters. The van der Waals surface area contributed by atoms with Crippen molar-refractivity contribution in [3.05, 3.63) is 47.0 Å². The number of aryl methyl sites for hydroxylation is 2. The molecule has 1 aliphatic heterocycles. The molecule has 1 aromatic heterocycles. The predicted octanol–water partition coefficient (Wildman–Crippen LogP) is 2.20. The Labute approximate surface area is 168 Å². The van der Waals surface area contributed by atoms with Crippen molar-refractivity contribution in [3.8, 4) is 0 Å². The molecule has 1 aliphatic carbocycles. The second kappa shape index (κ2) is 8.24. The number of fused-ring (bicyclic) bond motifs is 1. The first-order chi connectivity index (χ1) is 14.0. The maximum Gasteiger partial charge on any atom is 0.240 e. The Morgan fingerprint density at radius 2 is 1.83 bits per heavy atom. The van der Waals surface area contributed by atoms with Crippen molar-refractivity contribution in [1.82, 2.24) is 14.9 Å². The summed E-state index contributed by atoms with van der Waals surface area (Å²) in [4.78, 5) is 37.5. The Balaban J connectivity index is 1.32. The molecule has 1 N–H and O–H groups in total. The average Bonchev–Trinajstić information content (AvgIpc) is 2.69. The lowest BCUT2D eigenvalue weighted by molar-refractivity contribution is -0.117. The molecule has 0 radical (unpaired) electrons. The van der Waals surface area contributed by atoms with E-state index < -0.39 is 0 Å². The molecular weight excluding hydrogens is 373 g/mol. The Bertz CT molecular complexity index is 923. The van der Waals surface area contributed by atoms with Crippen LogP contribution in [0.5, 0.6) is 0 Å². The summed E-state index contributed by atoms with van der Waals surface area (Å²) in [5.41, 5.74) is 2.97. The molecule has 29 heavy (non-hydrogen) atoms. The summed E-state index contributed by atoms with van der Waals surface area (Å²) < 4.78 is 13.1. The van der Waals surface area contributed by atoms with Gasteiger partial charge in [0.15, 0.2) is 5.78 Å². The van der Waals surface area contributed by atoms with Gasteiger partial charge in [0.05, 0.1) is 23.5 Å². The Morgan fingerprint density at radius 1 is 1.10 bits per heavy atom.